The van der Waals surface area contributed by atoms with Gasteiger partial charge in [-0.25, -0.2) is 0 Å². The van der Waals surface area contributed by atoms with Crippen molar-refractivity contribution >= 4 is 0 Å². The highest BCUT2D eigenvalue weighted by Gasteiger charge is 2.43. The molecule has 2 aromatic rings. The molecule has 0 bridgehead atoms. The van der Waals surface area contributed by atoms with Gasteiger partial charge in [-0.15, -0.1) is 0 Å². The van der Waals surface area contributed by atoms with Crippen LogP contribution in [0.25, 0.3) is 0 Å². The van der Waals surface area contributed by atoms with Crippen LogP contribution in [-0.2, 0) is 0 Å². The molecule has 2 N–H and O–H groups in total. The Morgan fingerprint density at radius 3 is 2.38 bits per heavy atom. The van der Waals surface area contributed by atoms with Gasteiger partial charge in [-0.1, -0.05) is 12.1 Å². The summed E-state index contributed by atoms with van der Waals surface area (Å²) in [5.41, 5.74) is 1.34. The molecule has 1 saturated heterocycles. The monoisotopic (exact) mass is 399 g/mol. The molecule has 0 saturated carbocycles. The predicted octanol–water partition coefficient (Wildman–Crippen LogP) is 3.09. The second-order valence-corrected chi connectivity index (χ2v) is 8.00. The van der Waals surface area contributed by atoms with Crippen LogP contribution in [0.15, 0.2) is 42.5 Å². The molecule has 6 heteroatoms. The van der Waals surface area contributed by atoms with Crippen molar-refractivity contribution in [1.82, 2.24) is 4.90 Å². The molecule has 4 rings (SSSR count). The average molecular weight is 399 g/mol. The first-order valence-corrected chi connectivity index (χ1v) is 10.1. The number of β-amino-alcohol motifs (C(OH)–C–C–N with tert-alkyl or cyclic N) is 1. The number of aliphatic hydroxyl groups excluding tert-OH is 2. The third-order valence-electron chi connectivity index (χ3n) is 6.17. The lowest BCUT2D eigenvalue weighted by molar-refractivity contribution is -0.0588. The molecule has 6 nitrogen and oxygen atoms in total. The molecule has 1 fully saturated rings. The van der Waals surface area contributed by atoms with Gasteiger partial charge in [0.15, 0.2) is 0 Å². The number of benzene rings is 2. The Hall–Kier alpha value is -2.28. The summed E-state index contributed by atoms with van der Waals surface area (Å²) in [5.74, 6) is 2.26. The molecule has 2 aromatic carbocycles. The SMILES string of the molecule is COc1ccc([C@@H](O)CN2CCC3(CC2)C[C@H](O)c2cc(OC)ccc2O3)cc1. The summed E-state index contributed by atoms with van der Waals surface area (Å²) < 4.78 is 16.8. The van der Waals surface area contributed by atoms with Crippen molar-refractivity contribution in [3.63, 3.8) is 0 Å². The highest BCUT2D eigenvalue weighted by molar-refractivity contribution is 5.43. The van der Waals surface area contributed by atoms with Gasteiger partial charge < -0.3 is 29.3 Å². The van der Waals surface area contributed by atoms with Gasteiger partial charge in [0.2, 0.25) is 0 Å². The second-order valence-electron chi connectivity index (χ2n) is 8.00. The van der Waals surface area contributed by atoms with E-state index in [4.69, 9.17) is 14.2 Å². The fraction of sp³-hybridized carbons (Fsp3) is 0.478. The summed E-state index contributed by atoms with van der Waals surface area (Å²) in [6.45, 7) is 2.23. The molecule has 2 aliphatic heterocycles. The summed E-state index contributed by atoms with van der Waals surface area (Å²) in [5, 5.41) is 21.3. The van der Waals surface area contributed by atoms with Crippen molar-refractivity contribution in [1.29, 1.82) is 0 Å². The van der Waals surface area contributed by atoms with Crippen LogP contribution < -0.4 is 14.2 Å². The highest BCUT2D eigenvalue weighted by Crippen LogP contribution is 2.45. The second kappa shape index (κ2) is 8.22. The lowest BCUT2D eigenvalue weighted by atomic mass is 9.81. The van der Waals surface area contributed by atoms with Crippen molar-refractivity contribution in [2.24, 2.45) is 0 Å². The van der Waals surface area contributed by atoms with E-state index < -0.39 is 12.2 Å². The molecule has 156 valence electrons. The van der Waals surface area contributed by atoms with Crippen LogP contribution in [0.1, 0.15) is 42.6 Å². The first-order chi connectivity index (χ1) is 14.0. The van der Waals surface area contributed by atoms with Crippen molar-refractivity contribution in [3.8, 4) is 17.2 Å². The lowest BCUT2D eigenvalue weighted by Crippen LogP contribution is -2.51. The maximum atomic E-state index is 10.7. The quantitative estimate of drug-likeness (QED) is 0.805. The highest BCUT2D eigenvalue weighted by atomic mass is 16.5. The Balaban J connectivity index is 1.37. The van der Waals surface area contributed by atoms with E-state index in [1.54, 1.807) is 14.2 Å². The minimum atomic E-state index is -0.551. The van der Waals surface area contributed by atoms with Gasteiger partial charge in [-0.2, -0.15) is 0 Å². The number of hydrogen-bond acceptors (Lipinski definition) is 6. The van der Waals surface area contributed by atoms with Gasteiger partial charge in [0, 0.05) is 31.6 Å². The van der Waals surface area contributed by atoms with Crippen molar-refractivity contribution in [2.75, 3.05) is 33.9 Å². The number of hydrogen-bond donors (Lipinski definition) is 2. The first-order valence-electron chi connectivity index (χ1n) is 10.1. The minimum absolute atomic E-state index is 0.345. The predicted molar refractivity (Wildman–Crippen MR) is 110 cm³/mol. The van der Waals surface area contributed by atoms with Gasteiger partial charge in [0.1, 0.15) is 22.8 Å². The van der Waals surface area contributed by atoms with Crippen molar-refractivity contribution < 1.29 is 24.4 Å². The molecule has 1 spiro atoms. The van der Waals surface area contributed by atoms with Crippen LogP contribution in [0.5, 0.6) is 17.2 Å². The van der Waals surface area contributed by atoms with Crippen molar-refractivity contribution in [2.45, 2.75) is 37.1 Å². The fourth-order valence-corrected chi connectivity index (χ4v) is 4.37. The molecular formula is C23H29NO5. The van der Waals surface area contributed by atoms with Gasteiger partial charge in [-0.05, 0) is 48.7 Å². The smallest absolute Gasteiger partial charge is 0.126 e. The maximum absolute atomic E-state index is 10.7. The van der Waals surface area contributed by atoms with E-state index in [-0.39, 0.29) is 5.60 Å². The van der Waals surface area contributed by atoms with E-state index in [1.807, 2.05) is 42.5 Å². The Bertz CT molecular complexity index is 830. The van der Waals surface area contributed by atoms with Crippen LogP contribution in [0, 0.1) is 0 Å². The van der Waals surface area contributed by atoms with E-state index in [0.717, 1.165) is 54.3 Å². The van der Waals surface area contributed by atoms with Gasteiger partial charge in [0.25, 0.3) is 0 Å². The van der Waals surface area contributed by atoms with Crippen LogP contribution in [0.3, 0.4) is 0 Å². The third kappa shape index (κ3) is 4.20. The van der Waals surface area contributed by atoms with Crippen LogP contribution in [-0.4, -0.2) is 54.6 Å². The third-order valence-corrected chi connectivity index (χ3v) is 6.17. The summed E-state index contributed by atoms with van der Waals surface area (Å²) >= 11 is 0. The van der Waals surface area contributed by atoms with E-state index in [2.05, 4.69) is 4.90 Å². The molecular weight excluding hydrogens is 370 g/mol. The number of fused-ring (bicyclic) bond motifs is 1. The molecule has 2 atom stereocenters. The molecule has 0 aliphatic carbocycles. The Kier molecular flexibility index (Phi) is 5.67. The first kappa shape index (κ1) is 20.0. The van der Waals surface area contributed by atoms with E-state index >= 15 is 0 Å². The van der Waals surface area contributed by atoms with Crippen LogP contribution in [0.2, 0.25) is 0 Å². The average Bonchev–Trinajstić information content (AvgIpc) is 2.75. The number of piperidine rings is 1. The molecule has 0 aromatic heterocycles. The molecule has 0 unspecified atom stereocenters. The number of ether oxygens (including phenoxy) is 3. The normalized spacial score (nSPS) is 21.9. The number of rotatable bonds is 5. The van der Waals surface area contributed by atoms with E-state index in [9.17, 15) is 10.2 Å². The van der Waals surface area contributed by atoms with Crippen molar-refractivity contribution in [3.05, 3.63) is 53.6 Å². The van der Waals surface area contributed by atoms with E-state index in [0.29, 0.717) is 13.0 Å². The van der Waals surface area contributed by atoms with Crippen LogP contribution in [0.4, 0.5) is 0 Å². The molecule has 2 aliphatic rings. The standard InChI is InChI=1S/C23H29NO5/c1-27-17-5-3-16(4-6-17)21(26)15-24-11-9-23(10-12-24)14-20(25)19-13-18(28-2)7-8-22(19)29-23/h3-8,13,20-21,25-26H,9-12,14-15H2,1-2H3/t20-,21-/m0/s1. The minimum Gasteiger partial charge on any atom is -0.497 e. The Morgan fingerprint density at radius 1 is 1.07 bits per heavy atom. The zero-order valence-corrected chi connectivity index (χ0v) is 17.0. The Morgan fingerprint density at radius 2 is 1.72 bits per heavy atom. The van der Waals surface area contributed by atoms with Gasteiger partial charge >= 0.3 is 0 Å². The maximum Gasteiger partial charge on any atom is 0.126 e. The molecule has 2 heterocycles. The fourth-order valence-electron chi connectivity index (χ4n) is 4.37. The zero-order valence-electron chi connectivity index (χ0n) is 17.0. The molecule has 0 radical (unpaired) electrons. The Labute approximate surface area is 171 Å². The summed E-state index contributed by atoms with van der Waals surface area (Å²) in [6, 6.07) is 13.2. The molecule has 0 amide bonds. The summed E-state index contributed by atoms with van der Waals surface area (Å²) in [4.78, 5) is 2.26. The van der Waals surface area contributed by atoms with Gasteiger partial charge in [0.05, 0.1) is 26.4 Å². The van der Waals surface area contributed by atoms with Gasteiger partial charge in [-0.3, -0.25) is 0 Å². The largest absolute Gasteiger partial charge is 0.497 e. The zero-order chi connectivity index (χ0) is 20.4. The van der Waals surface area contributed by atoms with E-state index in [1.165, 1.54) is 0 Å². The topological polar surface area (TPSA) is 71.4 Å². The number of methoxy groups -OCH3 is 2. The summed E-state index contributed by atoms with van der Waals surface area (Å²) in [7, 11) is 3.25. The van der Waals surface area contributed by atoms with Crippen LogP contribution >= 0.6 is 0 Å². The number of aliphatic hydroxyl groups is 2. The molecule has 29 heavy (non-hydrogen) atoms. The summed E-state index contributed by atoms with van der Waals surface area (Å²) in [6.07, 6.45) is 1.14. The number of nitrogens with zero attached hydrogens (tertiary/aromatic N) is 1. The number of likely N-dealkylation sites (tertiary alicyclic amines) is 1. The lowest BCUT2D eigenvalue weighted by Gasteiger charge is -2.46.